The highest BCUT2D eigenvalue weighted by molar-refractivity contribution is 6.02. The summed E-state index contributed by atoms with van der Waals surface area (Å²) in [6, 6.07) is 11.6. The minimum atomic E-state index is -0.822. The van der Waals surface area contributed by atoms with Gasteiger partial charge in [-0.05, 0) is 30.2 Å². The highest BCUT2D eigenvalue weighted by Crippen LogP contribution is 2.22. The molecule has 0 bridgehead atoms. The highest BCUT2D eigenvalue weighted by atomic mass is 16.3. The van der Waals surface area contributed by atoms with E-state index in [4.69, 9.17) is 0 Å². The Balaban J connectivity index is 2.15. The van der Waals surface area contributed by atoms with E-state index in [0.29, 0.717) is 0 Å². The molecule has 2 aromatic carbocycles. The molecule has 0 unspecified atom stereocenters. The number of carbonyl (C=O) groups excluding carboxylic acids is 2. The van der Waals surface area contributed by atoms with Gasteiger partial charge in [0.25, 0.3) is 5.91 Å². The molecule has 2 amide bonds. The molecule has 0 heterocycles. The van der Waals surface area contributed by atoms with Crippen LogP contribution in [0.4, 0.5) is 5.69 Å². The van der Waals surface area contributed by atoms with Crippen LogP contribution >= 0.6 is 0 Å². The molecule has 2 rings (SSSR count). The first-order valence-electron chi connectivity index (χ1n) is 7.58. The summed E-state index contributed by atoms with van der Waals surface area (Å²) in [5, 5.41) is 24.7. The average Bonchev–Trinajstić information content (AvgIpc) is 2.54. The minimum absolute atomic E-state index is 0.0552. The van der Waals surface area contributed by atoms with Gasteiger partial charge in [0.05, 0.1) is 11.3 Å². The molecule has 0 aliphatic rings. The fourth-order valence-corrected chi connectivity index (χ4v) is 2.21. The van der Waals surface area contributed by atoms with Crippen molar-refractivity contribution in [2.24, 2.45) is 5.92 Å². The Labute approximate surface area is 140 Å². The van der Waals surface area contributed by atoms with Gasteiger partial charge in [-0.3, -0.25) is 9.59 Å². The molecular weight excluding hydrogens is 308 g/mol. The Hall–Kier alpha value is -3.02. The Kier molecular flexibility index (Phi) is 5.42. The zero-order chi connectivity index (χ0) is 17.7. The summed E-state index contributed by atoms with van der Waals surface area (Å²) in [6.07, 6.45) is 0. The van der Waals surface area contributed by atoms with Gasteiger partial charge in [0.15, 0.2) is 0 Å². The lowest BCUT2D eigenvalue weighted by Crippen LogP contribution is -2.47. The van der Waals surface area contributed by atoms with E-state index in [0.717, 1.165) is 0 Å². The summed E-state index contributed by atoms with van der Waals surface area (Å²) in [6.45, 7) is 3.58. The summed E-state index contributed by atoms with van der Waals surface area (Å²) in [5.41, 5.74) is 0.364. The lowest BCUT2D eigenvalue weighted by atomic mass is 10.0. The fraction of sp³-hybridized carbons (Fsp3) is 0.222. The molecule has 0 aromatic heterocycles. The van der Waals surface area contributed by atoms with Gasteiger partial charge in [-0.15, -0.1) is 0 Å². The molecule has 6 nitrogen and oxygen atoms in total. The number of rotatable bonds is 5. The number of amides is 2. The summed E-state index contributed by atoms with van der Waals surface area (Å²) >= 11 is 0. The van der Waals surface area contributed by atoms with Crippen LogP contribution in [0.1, 0.15) is 24.2 Å². The first-order valence-corrected chi connectivity index (χ1v) is 7.58. The zero-order valence-corrected chi connectivity index (χ0v) is 13.5. The first-order chi connectivity index (χ1) is 11.4. The van der Waals surface area contributed by atoms with Crippen molar-refractivity contribution >= 4 is 17.5 Å². The largest absolute Gasteiger partial charge is 0.507 e. The van der Waals surface area contributed by atoms with Crippen molar-refractivity contribution in [2.75, 3.05) is 5.32 Å². The standard InChI is InChI=1S/C18H20N2O4/c1-11(2)16(18(24)19-13-8-4-6-10-15(13)22)20-17(23)12-7-3-5-9-14(12)21/h3-11,16,21-22H,1-2H3,(H,19,24)(H,20,23)/t16-/m0/s1. The van der Waals surface area contributed by atoms with Crippen LogP contribution in [0.3, 0.4) is 0 Å². The molecule has 6 heteroatoms. The van der Waals surface area contributed by atoms with Gasteiger partial charge in [0, 0.05) is 0 Å². The summed E-state index contributed by atoms with van der Waals surface area (Å²) < 4.78 is 0. The van der Waals surface area contributed by atoms with E-state index in [2.05, 4.69) is 10.6 Å². The summed E-state index contributed by atoms with van der Waals surface area (Å²) in [5.74, 6) is -1.39. The number of phenols is 2. The lowest BCUT2D eigenvalue weighted by Gasteiger charge is -2.22. The van der Waals surface area contributed by atoms with E-state index >= 15 is 0 Å². The molecule has 0 saturated carbocycles. The number of aromatic hydroxyl groups is 2. The van der Waals surface area contributed by atoms with Gasteiger partial charge in [0.1, 0.15) is 17.5 Å². The maximum Gasteiger partial charge on any atom is 0.255 e. The SMILES string of the molecule is CC(C)[C@H](NC(=O)c1ccccc1O)C(=O)Nc1ccccc1O. The van der Waals surface area contributed by atoms with E-state index in [1.165, 1.54) is 18.2 Å². The van der Waals surface area contributed by atoms with E-state index in [1.807, 2.05) is 0 Å². The number of benzene rings is 2. The molecule has 4 N–H and O–H groups in total. The van der Waals surface area contributed by atoms with Crippen molar-refractivity contribution in [3.05, 3.63) is 54.1 Å². The zero-order valence-electron chi connectivity index (χ0n) is 13.5. The van der Waals surface area contributed by atoms with Crippen molar-refractivity contribution in [3.63, 3.8) is 0 Å². The third kappa shape index (κ3) is 4.04. The molecule has 0 radical (unpaired) electrons. The predicted molar refractivity (Wildman–Crippen MR) is 90.9 cm³/mol. The Bertz CT molecular complexity index is 743. The van der Waals surface area contributed by atoms with E-state index in [-0.39, 0.29) is 28.7 Å². The second-order valence-corrected chi connectivity index (χ2v) is 5.72. The van der Waals surface area contributed by atoms with E-state index < -0.39 is 17.9 Å². The smallest absolute Gasteiger partial charge is 0.255 e. The van der Waals surface area contributed by atoms with Crippen LogP contribution in [-0.4, -0.2) is 28.1 Å². The van der Waals surface area contributed by atoms with Gasteiger partial charge in [-0.1, -0.05) is 38.1 Å². The second kappa shape index (κ2) is 7.50. The number of hydrogen-bond donors (Lipinski definition) is 4. The van der Waals surface area contributed by atoms with Crippen LogP contribution in [0.25, 0.3) is 0 Å². The van der Waals surface area contributed by atoms with Gasteiger partial charge in [-0.2, -0.15) is 0 Å². The summed E-state index contributed by atoms with van der Waals surface area (Å²) in [4.78, 5) is 24.8. The predicted octanol–water partition coefficient (Wildman–Crippen LogP) is 2.49. The maximum atomic E-state index is 12.5. The molecule has 0 fully saturated rings. The van der Waals surface area contributed by atoms with Crippen LogP contribution < -0.4 is 10.6 Å². The van der Waals surface area contributed by atoms with E-state index in [9.17, 15) is 19.8 Å². The van der Waals surface area contributed by atoms with Gasteiger partial charge in [0.2, 0.25) is 5.91 Å². The van der Waals surface area contributed by atoms with Crippen LogP contribution in [0, 0.1) is 5.92 Å². The molecule has 0 aliphatic carbocycles. The molecule has 1 atom stereocenters. The van der Waals surface area contributed by atoms with Gasteiger partial charge >= 0.3 is 0 Å². The number of para-hydroxylation sites is 3. The molecule has 0 spiro atoms. The van der Waals surface area contributed by atoms with Crippen molar-refractivity contribution in [3.8, 4) is 11.5 Å². The van der Waals surface area contributed by atoms with Crippen LogP contribution in [0.2, 0.25) is 0 Å². The summed E-state index contributed by atoms with van der Waals surface area (Å²) in [7, 11) is 0. The quantitative estimate of drug-likeness (QED) is 0.634. The Morgan fingerprint density at radius 2 is 1.50 bits per heavy atom. The monoisotopic (exact) mass is 328 g/mol. The first kappa shape index (κ1) is 17.3. The minimum Gasteiger partial charge on any atom is -0.507 e. The number of carbonyl (C=O) groups is 2. The molecule has 126 valence electrons. The third-order valence-corrected chi connectivity index (χ3v) is 3.55. The number of phenolic OH excluding ortho intramolecular Hbond substituents is 2. The number of nitrogens with one attached hydrogen (secondary N) is 2. The average molecular weight is 328 g/mol. The highest BCUT2D eigenvalue weighted by Gasteiger charge is 2.26. The lowest BCUT2D eigenvalue weighted by molar-refractivity contribution is -0.118. The van der Waals surface area contributed by atoms with Gasteiger partial charge in [-0.25, -0.2) is 0 Å². The number of anilines is 1. The normalized spacial score (nSPS) is 11.8. The Morgan fingerprint density at radius 3 is 2.08 bits per heavy atom. The van der Waals surface area contributed by atoms with Crippen molar-refractivity contribution in [1.82, 2.24) is 5.32 Å². The second-order valence-electron chi connectivity index (χ2n) is 5.72. The van der Waals surface area contributed by atoms with Crippen molar-refractivity contribution in [1.29, 1.82) is 0 Å². The Morgan fingerprint density at radius 1 is 0.917 bits per heavy atom. The maximum absolute atomic E-state index is 12.5. The number of hydrogen-bond acceptors (Lipinski definition) is 4. The molecule has 0 saturated heterocycles. The topological polar surface area (TPSA) is 98.7 Å². The van der Waals surface area contributed by atoms with Crippen LogP contribution in [0.5, 0.6) is 11.5 Å². The fourth-order valence-electron chi connectivity index (χ4n) is 2.21. The molecular formula is C18H20N2O4. The molecule has 0 aliphatic heterocycles. The van der Waals surface area contributed by atoms with Crippen LogP contribution in [0.15, 0.2) is 48.5 Å². The molecule has 24 heavy (non-hydrogen) atoms. The molecule has 2 aromatic rings. The van der Waals surface area contributed by atoms with Crippen LogP contribution in [-0.2, 0) is 4.79 Å². The van der Waals surface area contributed by atoms with Gasteiger partial charge < -0.3 is 20.8 Å². The van der Waals surface area contributed by atoms with Crippen molar-refractivity contribution < 1.29 is 19.8 Å². The third-order valence-electron chi connectivity index (χ3n) is 3.55. The van der Waals surface area contributed by atoms with Crippen molar-refractivity contribution in [2.45, 2.75) is 19.9 Å². The van der Waals surface area contributed by atoms with E-state index in [1.54, 1.807) is 44.2 Å².